The number of furan rings is 1. The lowest BCUT2D eigenvalue weighted by Crippen LogP contribution is -2.48. The molecule has 6 nitrogen and oxygen atoms in total. The highest BCUT2D eigenvalue weighted by Crippen LogP contribution is 2.22. The average molecular weight is 355 g/mol. The lowest BCUT2D eigenvalue weighted by Gasteiger charge is -2.33. The molecule has 0 unspecified atom stereocenters. The van der Waals surface area contributed by atoms with Crippen molar-refractivity contribution in [3.8, 4) is 11.5 Å². The van der Waals surface area contributed by atoms with Crippen LogP contribution >= 0.6 is 0 Å². The normalized spacial score (nSPS) is 15.3. The number of benzene rings is 1. The smallest absolute Gasteiger partial charge is 0.289 e. The van der Waals surface area contributed by atoms with Gasteiger partial charge in [-0.3, -0.25) is 9.69 Å². The molecule has 1 aliphatic heterocycles. The molecule has 3 heterocycles. The summed E-state index contributed by atoms with van der Waals surface area (Å²) in [6.45, 7) is 3.30. The molecule has 1 amide bonds. The van der Waals surface area contributed by atoms with Gasteiger partial charge in [-0.2, -0.15) is 0 Å². The standard InChI is InChI=1S/C19H18FN3O3/c20-16-5-2-1-4-15(16)18-21-14(13-26-18)12-22-7-9-23(10-8-22)19(24)17-6-3-11-25-17/h1-6,11,13H,7-10,12H2. The molecular formula is C19H18FN3O3. The van der Waals surface area contributed by atoms with Crippen LogP contribution in [0.4, 0.5) is 4.39 Å². The van der Waals surface area contributed by atoms with Gasteiger partial charge in [0.05, 0.1) is 17.5 Å². The Labute approximate surface area is 149 Å². The molecule has 134 valence electrons. The van der Waals surface area contributed by atoms with E-state index in [1.54, 1.807) is 41.5 Å². The second-order valence-electron chi connectivity index (χ2n) is 6.17. The number of hydrogen-bond donors (Lipinski definition) is 0. The summed E-state index contributed by atoms with van der Waals surface area (Å²) in [5, 5.41) is 0. The molecule has 0 atom stereocenters. The summed E-state index contributed by atoms with van der Waals surface area (Å²) in [7, 11) is 0. The molecule has 0 spiro atoms. The summed E-state index contributed by atoms with van der Waals surface area (Å²) >= 11 is 0. The van der Waals surface area contributed by atoms with Crippen LogP contribution in [0.3, 0.4) is 0 Å². The van der Waals surface area contributed by atoms with Crippen LogP contribution in [0.2, 0.25) is 0 Å². The first-order chi connectivity index (χ1) is 12.7. The van der Waals surface area contributed by atoms with Gasteiger partial charge in [0.25, 0.3) is 5.91 Å². The van der Waals surface area contributed by atoms with Crippen molar-refractivity contribution in [1.82, 2.24) is 14.8 Å². The van der Waals surface area contributed by atoms with Gasteiger partial charge in [0, 0.05) is 32.7 Å². The van der Waals surface area contributed by atoms with Crippen molar-refractivity contribution in [2.24, 2.45) is 0 Å². The van der Waals surface area contributed by atoms with Crippen molar-refractivity contribution < 1.29 is 18.0 Å². The summed E-state index contributed by atoms with van der Waals surface area (Å²) in [5.41, 5.74) is 1.10. The zero-order valence-electron chi connectivity index (χ0n) is 14.1. The van der Waals surface area contributed by atoms with E-state index in [9.17, 15) is 9.18 Å². The lowest BCUT2D eigenvalue weighted by molar-refractivity contribution is 0.0596. The van der Waals surface area contributed by atoms with Gasteiger partial charge in [-0.1, -0.05) is 12.1 Å². The quantitative estimate of drug-likeness (QED) is 0.720. The largest absolute Gasteiger partial charge is 0.459 e. The van der Waals surface area contributed by atoms with Crippen LogP contribution in [0.5, 0.6) is 0 Å². The highest BCUT2D eigenvalue weighted by atomic mass is 19.1. The van der Waals surface area contributed by atoms with E-state index >= 15 is 0 Å². The third-order valence-corrected chi connectivity index (χ3v) is 4.43. The van der Waals surface area contributed by atoms with E-state index in [0.29, 0.717) is 31.0 Å². The van der Waals surface area contributed by atoms with E-state index in [4.69, 9.17) is 8.83 Å². The van der Waals surface area contributed by atoms with Crippen LogP contribution in [-0.4, -0.2) is 46.9 Å². The number of aromatic nitrogens is 1. The molecule has 7 heteroatoms. The maximum Gasteiger partial charge on any atom is 0.289 e. The van der Waals surface area contributed by atoms with Gasteiger partial charge < -0.3 is 13.7 Å². The minimum Gasteiger partial charge on any atom is -0.459 e. The molecule has 0 saturated carbocycles. The van der Waals surface area contributed by atoms with Crippen LogP contribution in [-0.2, 0) is 6.54 Å². The van der Waals surface area contributed by atoms with Gasteiger partial charge in [-0.25, -0.2) is 9.37 Å². The topological polar surface area (TPSA) is 62.7 Å². The number of piperazine rings is 1. The van der Waals surface area contributed by atoms with Gasteiger partial charge in [0.15, 0.2) is 5.76 Å². The fourth-order valence-corrected chi connectivity index (χ4v) is 3.03. The predicted molar refractivity (Wildman–Crippen MR) is 91.8 cm³/mol. The van der Waals surface area contributed by atoms with Crippen molar-refractivity contribution in [3.63, 3.8) is 0 Å². The molecule has 3 aromatic rings. The number of hydrogen-bond acceptors (Lipinski definition) is 5. The summed E-state index contributed by atoms with van der Waals surface area (Å²) in [5.74, 6) is 0.207. The Bertz CT molecular complexity index is 883. The maximum absolute atomic E-state index is 13.8. The highest BCUT2D eigenvalue weighted by Gasteiger charge is 2.24. The van der Waals surface area contributed by atoms with E-state index in [1.165, 1.54) is 12.3 Å². The zero-order valence-corrected chi connectivity index (χ0v) is 14.1. The average Bonchev–Trinajstić information content (AvgIpc) is 3.34. The first-order valence-electron chi connectivity index (χ1n) is 8.45. The van der Waals surface area contributed by atoms with Crippen molar-refractivity contribution in [2.75, 3.05) is 26.2 Å². The van der Waals surface area contributed by atoms with E-state index in [1.807, 2.05) is 0 Å². The maximum atomic E-state index is 13.8. The third kappa shape index (κ3) is 3.39. The van der Waals surface area contributed by atoms with Crippen molar-refractivity contribution in [1.29, 1.82) is 0 Å². The fourth-order valence-electron chi connectivity index (χ4n) is 3.03. The molecule has 0 aliphatic carbocycles. The van der Waals surface area contributed by atoms with Gasteiger partial charge in [0.1, 0.15) is 12.1 Å². The summed E-state index contributed by atoms with van der Waals surface area (Å²) in [4.78, 5) is 20.6. The Kier molecular flexibility index (Phi) is 4.53. The monoisotopic (exact) mass is 355 g/mol. The Hall–Kier alpha value is -2.93. The number of nitrogens with zero attached hydrogens (tertiary/aromatic N) is 3. The second-order valence-corrected chi connectivity index (χ2v) is 6.17. The second kappa shape index (κ2) is 7.13. The number of halogens is 1. The fraction of sp³-hybridized carbons (Fsp3) is 0.263. The number of amides is 1. The molecule has 0 N–H and O–H groups in total. The molecular weight excluding hydrogens is 337 g/mol. The molecule has 26 heavy (non-hydrogen) atoms. The van der Waals surface area contributed by atoms with E-state index < -0.39 is 0 Å². The lowest BCUT2D eigenvalue weighted by atomic mass is 10.2. The number of oxazole rings is 1. The Balaban J connectivity index is 1.35. The molecule has 1 saturated heterocycles. The number of rotatable bonds is 4. The Morgan fingerprint density at radius 1 is 1.08 bits per heavy atom. The minimum absolute atomic E-state index is 0.0853. The summed E-state index contributed by atoms with van der Waals surface area (Å²) in [6, 6.07) is 9.79. The van der Waals surface area contributed by atoms with Gasteiger partial charge in [-0.15, -0.1) is 0 Å². The van der Waals surface area contributed by atoms with Gasteiger partial charge in [-0.05, 0) is 24.3 Å². The van der Waals surface area contributed by atoms with Crippen molar-refractivity contribution in [3.05, 3.63) is 66.2 Å². The minimum atomic E-state index is -0.356. The van der Waals surface area contributed by atoms with Crippen LogP contribution in [0.15, 0.2) is 57.8 Å². The predicted octanol–water partition coefficient (Wildman–Crippen LogP) is 3.03. The van der Waals surface area contributed by atoms with Gasteiger partial charge in [0.2, 0.25) is 5.89 Å². The molecule has 1 fully saturated rings. The molecule has 2 aromatic heterocycles. The van der Waals surface area contributed by atoms with Crippen LogP contribution in [0.1, 0.15) is 16.2 Å². The first kappa shape index (κ1) is 16.5. The van der Waals surface area contributed by atoms with Crippen LogP contribution in [0.25, 0.3) is 11.5 Å². The number of carbonyl (C=O) groups excluding carboxylic acids is 1. The van der Waals surface area contributed by atoms with Crippen LogP contribution < -0.4 is 0 Å². The van der Waals surface area contributed by atoms with E-state index in [0.717, 1.165) is 18.8 Å². The molecule has 0 radical (unpaired) electrons. The van der Waals surface area contributed by atoms with Gasteiger partial charge >= 0.3 is 0 Å². The SMILES string of the molecule is O=C(c1ccco1)N1CCN(Cc2coc(-c3ccccc3F)n2)CC1. The van der Waals surface area contributed by atoms with Crippen molar-refractivity contribution >= 4 is 5.91 Å². The van der Waals surface area contributed by atoms with Crippen LogP contribution in [0, 0.1) is 5.82 Å². The summed E-state index contributed by atoms with van der Waals surface area (Å²) < 4.78 is 24.4. The molecule has 4 rings (SSSR count). The first-order valence-corrected chi connectivity index (χ1v) is 8.45. The zero-order chi connectivity index (χ0) is 17.9. The summed E-state index contributed by atoms with van der Waals surface area (Å²) in [6.07, 6.45) is 3.06. The molecule has 0 bridgehead atoms. The molecule has 1 aliphatic rings. The number of carbonyl (C=O) groups is 1. The Morgan fingerprint density at radius 3 is 2.62 bits per heavy atom. The van der Waals surface area contributed by atoms with Crippen molar-refractivity contribution in [2.45, 2.75) is 6.54 Å². The Morgan fingerprint density at radius 2 is 1.88 bits per heavy atom. The van der Waals surface area contributed by atoms with E-state index in [2.05, 4.69) is 9.88 Å². The third-order valence-electron chi connectivity index (χ3n) is 4.43. The highest BCUT2D eigenvalue weighted by molar-refractivity contribution is 5.91. The van der Waals surface area contributed by atoms with E-state index in [-0.39, 0.29) is 17.6 Å². The molecule has 1 aromatic carbocycles.